The number of carbonyl (C=O) groups is 1. The van der Waals surface area contributed by atoms with Crippen molar-refractivity contribution in [2.24, 2.45) is 5.92 Å². The summed E-state index contributed by atoms with van der Waals surface area (Å²) in [6, 6.07) is 8.26. The molecule has 3 nitrogen and oxygen atoms in total. The van der Waals surface area contributed by atoms with Crippen molar-refractivity contribution >= 4 is 21.8 Å². The minimum Gasteiger partial charge on any atom is -0.340 e. The van der Waals surface area contributed by atoms with Crippen molar-refractivity contribution in [3.63, 3.8) is 0 Å². The topological polar surface area (TPSA) is 23.6 Å². The molecule has 3 rings (SSSR count). The van der Waals surface area contributed by atoms with Crippen molar-refractivity contribution in [1.82, 2.24) is 9.80 Å². The third-order valence-electron chi connectivity index (χ3n) is 4.23. The third kappa shape index (κ3) is 2.70. The van der Waals surface area contributed by atoms with Crippen LogP contribution in [0.5, 0.6) is 0 Å². The van der Waals surface area contributed by atoms with Crippen LogP contribution in [-0.2, 0) is 4.79 Å². The van der Waals surface area contributed by atoms with Crippen LogP contribution in [0.4, 0.5) is 0 Å². The first kappa shape index (κ1) is 13.1. The van der Waals surface area contributed by atoms with E-state index in [4.69, 9.17) is 0 Å². The zero-order valence-corrected chi connectivity index (χ0v) is 12.8. The summed E-state index contributed by atoms with van der Waals surface area (Å²) in [6.07, 6.45) is 1.01. The summed E-state index contributed by atoms with van der Waals surface area (Å²) in [5.74, 6) is 0.985. The predicted molar refractivity (Wildman–Crippen MR) is 79.1 cm³/mol. The molecule has 0 spiro atoms. The van der Waals surface area contributed by atoms with Crippen LogP contribution in [0.25, 0.3) is 0 Å². The summed E-state index contributed by atoms with van der Waals surface area (Å²) >= 11 is 3.59. The van der Waals surface area contributed by atoms with E-state index in [0.717, 1.165) is 37.1 Å². The predicted octanol–water partition coefficient (Wildman–Crippen LogP) is 2.33. The Morgan fingerprint density at radius 2 is 1.89 bits per heavy atom. The smallest absolute Gasteiger partial charge is 0.226 e. The van der Waals surface area contributed by atoms with E-state index in [2.05, 4.69) is 46.1 Å². The number of halogens is 1. The molecule has 0 radical (unpaired) electrons. The lowest BCUT2D eigenvalue weighted by atomic mass is 10.1. The van der Waals surface area contributed by atoms with Gasteiger partial charge in [0.25, 0.3) is 0 Å². The fraction of sp³-hybridized carbons (Fsp3) is 0.533. The molecule has 2 atom stereocenters. The van der Waals surface area contributed by atoms with Crippen molar-refractivity contribution in [3.05, 3.63) is 34.3 Å². The Morgan fingerprint density at radius 1 is 1.21 bits per heavy atom. The van der Waals surface area contributed by atoms with Gasteiger partial charge in [0, 0.05) is 36.6 Å². The zero-order valence-electron chi connectivity index (χ0n) is 11.2. The fourth-order valence-electron chi connectivity index (χ4n) is 2.85. The van der Waals surface area contributed by atoms with Crippen molar-refractivity contribution in [2.75, 3.05) is 33.2 Å². The summed E-state index contributed by atoms with van der Waals surface area (Å²) in [5, 5.41) is 0. The van der Waals surface area contributed by atoms with Crippen LogP contribution in [0.3, 0.4) is 0 Å². The molecule has 0 N–H and O–H groups in total. The van der Waals surface area contributed by atoms with Crippen LogP contribution < -0.4 is 0 Å². The number of hydrogen-bond donors (Lipinski definition) is 0. The molecule has 1 aliphatic carbocycles. The van der Waals surface area contributed by atoms with E-state index >= 15 is 0 Å². The Balaban J connectivity index is 1.63. The van der Waals surface area contributed by atoms with E-state index in [-0.39, 0.29) is 5.92 Å². The molecule has 2 fully saturated rings. The minimum absolute atomic E-state index is 0.210. The molecule has 1 amide bonds. The third-order valence-corrected chi connectivity index (χ3v) is 4.95. The van der Waals surface area contributed by atoms with Crippen LogP contribution in [0.15, 0.2) is 28.7 Å². The summed E-state index contributed by atoms with van der Waals surface area (Å²) in [4.78, 5) is 16.8. The Labute approximate surface area is 122 Å². The van der Waals surface area contributed by atoms with E-state index in [9.17, 15) is 4.79 Å². The highest BCUT2D eigenvalue weighted by molar-refractivity contribution is 9.10. The quantitative estimate of drug-likeness (QED) is 0.834. The summed E-state index contributed by atoms with van der Waals surface area (Å²) in [6.45, 7) is 3.76. The molecule has 4 heteroatoms. The second kappa shape index (κ2) is 5.25. The number of benzene rings is 1. The number of piperazine rings is 1. The largest absolute Gasteiger partial charge is 0.340 e. The molecule has 1 heterocycles. The van der Waals surface area contributed by atoms with Gasteiger partial charge in [0.05, 0.1) is 0 Å². The number of hydrogen-bond acceptors (Lipinski definition) is 2. The van der Waals surface area contributed by atoms with Crippen LogP contribution >= 0.6 is 15.9 Å². The van der Waals surface area contributed by atoms with Crippen LogP contribution in [0.2, 0.25) is 0 Å². The molecule has 2 aliphatic rings. The van der Waals surface area contributed by atoms with Crippen LogP contribution in [-0.4, -0.2) is 48.9 Å². The van der Waals surface area contributed by atoms with Crippen molar-refractivity contribution < 1.29 is 4.79 Å². The maximum absolute atomic E-state index is 12.5. The van der Waals surface area contributed by atoms with E-state index < -0.39 is 0 Å². The molecule has 0 bridgehead atoms. The van der Waals surface area contributed by atoms with Crippen LogP contribution in [0, 0.1) is 5.92 Å². The fourth-order valence-corrected chi connectivity index (χ4v) is 3.43. The van der Waals surface area contributed by atoms with Gasteiger partial charge in [-0.1, -0.05) is 34.1 Å². The van der Waals surface area contributed by atoms with Gasteiger partial charge in [-0.2, -0.15) is 0 Å². The first-order chi connectivity index (χ1) is 9.16. The highest BCUT2D eigenvalue weighted by Crippen LogP contribution is 2.50. The Kier molecular flexibility index (Phi) is 3.63. The summed E-state index contributed by atoms with van der Waals surface area (Å²) in [5.41, 5.74) is 1.29. The second-order valence-electron chi connectivity index (χ2n) is 5.60. The average Bonchev–Trinajstić information content (AvgIpc) is 3.19. The SMILES string of the molecule is CN1CCN(C(=O)[C@@H]2C[C@@H]2c2ccccc2Br)CC1. The maximum atomic E-state index is 12.5. The summed E-state index contributed by atoms with van der Waals surface area (Å²) < 4.78 is 1.13. The molecule has 1 aromatic rings. The van der Waals surface area contributed by atoms with E-state index in [0.29, 0.717) is 11.8 Å². The first-order valence-corrected chi connectivity index (χ1v) is 7.68. The van der Waals surface area contributed by atoms with Gasteiger partial charge in [-0.25, -0.2) is 0 Å². The van der Waals surface area contributed by atoms with Gasteiger partial charge in [-0.05, 0) is 31.0 Å². The van der Waals surface area contributed by atoms with Gasteiger partial charge in [0.15, 0.2) is 0 Å². The van der Waals surface area contributed by atoms with Crippen molar-refractivity contribution in [1.29, 1.82) is 0 Å². The average molecular weight is 323 g/mol. The normalized spacial score (nSPS) is 27.4. The number of carbonyl (C=O) groups excluding carboxylic acids is 1. The maximum Gasteiger partial charge on any atom is 0.226 e. The van der Waals surface area contributed by atoms with Crippen molar-refractivity contribution in [2.45, 2.75) is 12.3 Å². The molecule has 1 saturated heterocycles. The molecule has 19 heavy (non-hydrogen) atoms. The second-order valence-corrected chi connectivity index (χ2v) is 6.45. The van der Waals surface area contributed by atoms with Crippen LogP contribution in [0.1, 0.15) is 17.9 Å². The zero-order chi connectivity index (χ0) is 13.4. The highest BCUT2D eigenvalue weighted by atomic mass is 79.9. The summed E-state index contributed by atoms with van der Waals surface area (Å²) in [7, 11) is 2.11. The van der Waals surface area contributed by atoms with Gasteiger partial charge < -0.3 is 9.80 Å². The van der Waals surface area contributed by atoms with E-state index in [1.807, 2.05) is 11.0 Å². The number of rotatable bonds is 2. The van der Waals surface area contributed by atoms with E-state index in [1.54, 1.807) is 0 Å². The molecular weight excluding hydrogens is 304 g/mol. The molecule has 1 aromatic carbocycles. The minimum atomic E-state index is 0.210. The molecule has 102 valence electrons. The number of likely N-dealkylation sites (N-methyl/N-ethyl adjacent to an activating group) is 1. The van der Waals surface area contributed by atoms with Gasteiger partial charge in [-0.3, -0.25) is 4.79 Å². The Hall–Kier alpha value is -0.870. The Morgan fingerprint density at radius 3 is 2.58 bits per heavy atom. The standard InChI is InChI=1S/C15H19BrN2O/c1-17-6-8-18(9-7-17)15(19)13-10-12(13)11-4-2-3-5-14(11)16/h2-5,12-13H,6-10H2,1H3/t12-,13-/m1/s1. The van der Waals surface area contributed by atoms with Gasteiger partial charge >= 0.3 is 0 Å². The Bertz CT molecular complexity index is 483. The molecule has 0 unspecified atom stereocenters. The monoisotopic (exact) mass is 322 g/mol. The highest BCUT2D eigenvalue weighted by Gasteiger charge is 2.46. The molecule has 1 aliphatic heterocycles. The number of nitrogens with zero attached hydrogens (tertiary/aromatic N) is 2. The lowest BCUT2D eigenvalue weighted by Gasteiger charge is -2.32. The molecular formula is C15H19BrN2O. The lowest BCUT2D eigenvalue weighted by Crippen LogP contribution is -2.47. The number of amides is 1. The molecule has 1 saturated carbocycles. The lowest BCUT2D eigenvalue weighted by molar-refractivity contribution is -0.134. The molecule has 0 aromatic heterocycles. The first-order valence-electron chi connectivity index (χ1n) is 6.88. The van der Waals surface area contributed by atoms with Gasteiger partial charge in [0.2, 0.25) is 5.91 Å². The van der Waals surface area contributed by atoms with E-state index in [1.165, 1.54) is 5.56 Å². The van der Waals surface area contributed by atoms with Gasteiger partial charge in [0.1, 0.15) is 0 Å². The van der Waals surface area contributed by atoms with Gasteiger partial charge in [-0.15, -0.1) is 0 Å². The van der Waals surface area contributed by atoms with Crippen molar-refractivity contribution in [3.8, 4) is 0 Å².